The topological polar surface area (TPSA) is 59.2 Å². The summed E-state index contributed by atoms with van der Waals surface area (Å²) in [4.78, 5) is 20.6. The molecule has 1 aromatic heterocycles. The number of aromatic nitrogens is 1. The van der Waals surface area contributed by atoms with Crippen LogP contribution in [0.2, 0.25) is 0 Å². The molecule has 1 saturated heterocycles. The fraction of sp³-hybridized carbons (Fsp3) is 0.500. The Bertz CT molecular complexity index is 814. The molecule has 2 bridgehead atoms. The van der Waals surface area contributed by atoms with Gasteiger partial charge in [0.2, 0.25) is 0 Å². The van der Waals surface area contributed by atoms with E-state index in [2.05, 4.69) is 30.7 Å². The van der Waals surface area contributed by atoms with Crippen LogP contribution in [-0.2, 0) is 0 Å². The Labute approximate surface area is 153 Å². The Morgan fingerprint density at radius 3 is 2.68 bits per heavy atom. The second-order valence-electron chi connectivity index (χ2n) is 8.74. The third-order valence-corrected chi connectivity index (χ3v) is 6.43. The van der Waals surface area contributed by atoms with Crippen molar-refractivity contribution in [3.63, 3.8) is 0 Å². The number of thiazole rings is 1. The van der Waals surface area contributed by atoms with Crippen molar-refractivity contribution >= 4 is 22.4 Å². The van der Waals surface area contributed by atoms with Gasteiger partial charge in [-0.15, -0.1) is 0 Å². The highest BCUT2D eigenvalue weighted by Gasteiger charge is 2.51. The number of rotatable bonds is 2. The second-order valence-corrected chi connectivity index (χ2v) is 9.77. The van der Waals surface area contributed by atoms with Crippen LogP contribution in [0.5, 0.6) is 0 Å². The van der Waals surface area contributed by atoms with Crippen molar-refractivity contribution in [2.45, 2.75) is 46.1 Å². The number of nitrogens with two attached hydrogens (primary N) is 1. The first-order chi connectivity index (χ1) is 11.8. The molecule has 2 N–H and O–H groups in total. The third kappa shape index (κ3) is 2.95. The molecule has 5 heteroatoms. The van der Waals surface area contributed by atoms with Crippen LogP contribution in [0.3, 0.4) is 0 Å². The van der Waals surface area contributed by atoms with Crippen molar-refractivity contribution in [3.8, 4) is 11.3 Å². The Hall–Kier alpha value is -1.88. The Morgan fingerprint density at radius 1 is 1.24 bits per heavy atom. The molecule has 0 spiro atoms. The molecule has 2 aliphatic rings. The first-order valence-electron chi connectivity index (χ1n) is 8.89. The molecule has 2 heterocycles. The van der Waals surface area contributed by atoms with Crippen LogP contribution in [0.4, 0.5) is 5.13 Å². The zero-order chi connectivity index (χ0) is 17.8. The minimum atomic E-state index is 0.0967. The van der Waals surface area contributed by atoms with Gasteiger partial charge in [0.15, 0.2) is 5.13 Å². The molecule has 2 aromatic rings. The molecule has 1 saturated carbocycles. The Balaban J connectivity index is 1.69. The van der Waals surface area contributed by atoms with Gasteiger partial charge in [-0.3, -0.25) is 4.79 Å². The standard InChI is InChI=1S/C20H25N3OS/c1-19(2)9-14-10-20(3,11-19)12-23(14)17(24)16-15(22-18(21)25-16)13-7-5-4-6-8-13/h4-8,14H,9-12H2,1-3H3,(H2,21,22). The Morgan fingerprint density at radius 2 is 1.96 bits per heavy atom. The van der Waals surface area contributed by atoms with Gasteiger partial charge in [0.05, 0.1) is 5.69 Å². The van der Waals surface area contributed by atoms with Crippen LogP contribution in [0.1, 0.15) is 49.7 Å². The van der Waals surface area contributed by atoms with E-state index in [-0.39, 0.29) is 11.3 Å². The van der Waals surface area contributed by atoms with E-state index in [0.717, 1.165) is 30.6 Å². The van der Waals surface area contributed by atoms with Gasteiger partial charge in [0.25, 0.3) is 5.91 Å². The lowest BCUT2D eigenvalue weighted by Gasteiger charge is -2.39. The summed E-state index contributed by atoms with van der Waals surface area (Å²) in [5, 5.41) is 0.455. The number of nitrogens with zero attached hydrogens (tertiary/aromatic N) is 2. The average molecular weight is 356 g/mol. The maximum Gasteiger partial charge on any atom is 0.266 e. The first kappa shape index (κ1) is 16.6. The van der Waals surface area contributed by atoms with Gasteiger partial charge in [-0.1, -0.05) is 62.4 Å². The number of amides is 1. The predicted molar refractivity (Wildman–Crippen MR) is 103 cm³/mol. The van der Waals surface area contributed by atoms with Crippen molar-refractivity contribution in [1.82, 2.24) is 9.88 Å². The van der Waals surface area contributed by atoms with E-state index in [1.807, 2.05) is 30.3 Å². The van der Waals surface area contributed by atoms with Gasteiger partial charge in [0.1, 0.15) is 4.88 Å². The molecule has 4 rings (SSSR count). The number of fused-ring (bicyclic) bond motifs is 2. The summed E-state index contributed by atoms with van der Waals surface area (Å²) in [5.74, 6) is 0.0967. The Kier molecular flexibility index (Phi) is 3.69. The lowest BCUT2D eigenvalue weighted by Crippen LogP contribution is -2.37. The van der Waals surface area contributed by atoms with Crippen LogP contribution in [0.25, 0.3) is 11.3 Å². The summed E-state index contributed by atoms with van der Waals surface area (Å²) >= 11 is 1.31. The van der Waals surface area contributed by atoms with E-state index in [9.17, 15) is 4.79 Å². The fourth-order valence-electron chi connectivity index (χ4n) is 5.10. The van der Waals surface area contributed by atoms with E-state index in [4.69, 9.17) is 5.73 Å². The zero-order valence-electron chi connectivity index (χ0n) is 15.1. The monoisotopic (exact) mass is 355 g/mol. The van der Waals surface area contributed by atoms with Gasteiger partial charge in [0, 0.05) is 18.2 Å². The summed E-state index contributed by atoms with van der Waals surface area (Å²) < 4.78 is 0. The van der Waals surface area contributed by atoms with Crippen LogP contribution >= 0.6 is 11.3 Å². The number of hydrogen-bond acceptors (Lipinski definition) is 4. The molecule has 1 aliphatic carbocycles. The van der Waals surface area contributed by atoms with Gasteiger partial charge in [-0.2, -0.15) is 0 Å². The van der Waals surface area contributed by atoms with Crippen LogP contribution in [0.15, 0.2) is 30.3 Å². The van der Waals surface area contributed by atoms with Gasteiger partial charge in [-0.25, -0.2) is 4.98 Å². The SMILES string of the molecule is CC1(C)CC2CC(C)(CN2C(=O)c2sc(N)nc2-c2ccccc2)C1. The molecule has 1 aromatic carbocycles. The van der Waals surface area contributed by atoms with E-state index in [1.165, 1.54) is 17.8 Å². The van der Waals surface area contributed by atoms with E-state index in [1.54, 1.807) is 0 Å². The lowest BCUT2D eigenvalue weighted by molar-refractivity contribution is 0.0713. The highest BCUT2D eigenvalue weighted by Crippen LogP contribution is 2.53. The maximum atomic E-state index is 13.4. The molecular formula is C20H25N3OS. The number of benzene rings is 1. The van der Waals surface area contributed by atoms with Crippen molar-refractivity contribution in [3.05, 3.63) is 35.2 Å². The molecule has 4 nitrogen and oxygen atoms in total. The summed E-state index contributed by atoms with van der Waals surface area (Å²) in [7, 11) is 0. The molecule has 1 amide bonds. The zero-order valence-corrected chi connectivity index (χ0v) is 15.9. The molecule has 1 aliphatic heterocycles. The fourth-order valence-corrected chi connectivity index (χ4v) is 5.91. The number of carbonyl (C=O) groups excluding carboxylic acids is 1. The van der Waals surface area contributed by atoms with Crippen LogP contribution in [-0.4, -0.2) is 28.4 Å². The molecule has 2 unspecified atom stereocenters. The minimum absolute atomic E-state index is 0.0967. The number of anilines is 1. The smallest absolute Gasteiger partial charge is 0.266 e. The molecular weight excluding hydrogens is 330 g/mol. The maximum absolute atomic E-state index is 13.4. The summed E-state index contributed by atoms with van der Waals surface area (Å²) in [6.45, 7) is 7.82. The van der Waals surface area contributed by atoms with Crippen molar-refractivity contribution in [2.75, 3.05) is 12.3 Å². The second kappa shape index (κ2) is 5.56. The van der Waals surface area contributed by atoms with Crippen molar-refractivity contribution in [1.29, 1.82) is 0 Å². The summed E-state index contributed by atoms with van der Waals surface area (Å²) in [5.41, 5.74) is 8.16. The molecule has 25 heavy (non-hydrogen) atoms. The molecule has 132 valence electrons. The predicted octanol–water partition coefficient (Wildman–Crippen LogP) is 4.43. The first-order valence-corrected chi connectivity index (χ1v) is 9.71. The number of nitrogen functional groups attached to an aromatic ring is 1. The lowest BCUT2D eigenvalue weighted by atomic mass is 9.65. The molecule has 2 fully saturated rings. The van der Waals surface area contributed by atoms with E-state index in [0.29, 0.717) is 21.5 Å². The van der Waals surface area contributed by atoms with Crippen molar-refractivity contribution in [2.24, 2.45) is 10.8 Å². The van der Waals surface area contributed by atoms with Crippen molar-refractivity contribution < 1.29 is 4.79 Å². The summed E-state index contributed by atoms with van der Waals surface area (Å²) in [6, 6.07) is 10.2. The van der Waals surface area contributed by atoms with Gasteiger partial charge in [-0.05, 0) is 30.1 Å². The number of likely N-dealkylation sites (tertiary alicyclic amines) is 1. The number of hydrogen-bond donors (Lipinski definition) is 1. The average Bonchev–Trinajstić information content (AvgIpc) is 3.04. The van der Waals surface area contributed by atoms with Gasteiger partial charge >= 0.3 is 0 Å². The van der Waals surface area contributed by atoms with Crippen LogP contribution in [0, 0.1) is 10.8 Å². The highest BCUT2D eigenvalue weighted by molar-refractivity contribution is 7.17. The number of carbonyl (C=O) groups is 1. The largest absolute Gasteiger partial charge is 0.375 e. The van der Waals surface area contributed by atoms with E-state index < -0.39 is 0 Å². The minimum Gasteiger partial charge on any atom is -0.375 e. The van der Waals surface area contributed by atoms with E-state index >= 15 is 0 Å². The molecule has 2 atom stereocenters. The third-order valence-electron chi connectivity index (χ3n) is 5.56. The summed E-state index contributed by atoms with van der Waals surface area (Å²) in [6.07, 6.45) is 3.36. The van der Waals surface area contributed by atoms with Crippen LogP contribution < -0.4 is 5.73 Å². The normalized spacial score (nSPS) is 27.5. The highest BCUT2D eigenvalue weighted by atomic mass is 32.1. The van der Waals surface area contributed by atoms with Gasteiger partial charge < -0.3 is 10.6 Å². The molecule has 0 radical (unpaired) electrons. The quantitative estimate of drug-likeness (QED) is 0.867.